The lowest BCUT2D eigenvalue weighted by atomic mass is 9.79. The van der Waals surface area contributed by atoms with Gasteiger partial charge in [-0.25, -0.2) is 0 Å². The van der Waals surface area contributed by atoms with Crippen molar-refractivity contribution in [1.29, 1.82) is 0 Å². The Morgan fingerprint density at radius 1 is 1.29 bits per heavy atom. The number of rotatable bonds is 3. The molecule has 0 radical (unpaired) electrons. The van der Waals surface area contributed by atoms with Crippen molar-refractivity contribution in [3.8, 4) is 0 Å². The van der Waals surface area contributed by atoms with E-state index in [1.54, 1.807) is 12.4 Å². The van der Waals surface area contributed by atoms with Crippen LogP contribution in [-0.4, -0.2) is 16.1 Å². The van der Waals surface area contributed by atoms with Crippen LogP contribution in [0.15, 0.2) is 24.5 Å². The molecule has 0 amide bonds. The fourth-order valence-corrected chi connectivity index (χ4v) is 1.74. The van der Waals surface area contributed by atoms with Crippen molar-refractivity contribution in [3.05, 3.63) is 30.1 Å². The molecule has 0 aliphatic rings. The Morgan fingerprint density at radius 2 is 1.79 bits per heavy atom. The zero-order valence-electron chi connectivity index (χ0n) is 8.94. The first-order chi connectivity index (χ1) is 6.49. The predicted molar refractivity (Wildman–Crippen MR) is 56.6 cm³/mol. The molecule has 0 bridgehead atoms. The molecule has 3 N–H and O–H groups in total. The summed E-state index contributed by atoms with van der Waals surface area (Å²) >= 11 is 0. The van der Waals surface area contributed by atoms with Crippen LogP contribution >= 0.6 is 0 Å². The highest BCUT2D eigenvalue weighted by molar-refractivity contribution is 5.22. The van der Waals surface area contributed by atoms with Crippen molar-refractivity contribution in [2.75, 3.05) is 0 Å². The highest BCUT2D eigenvalue weighted by atomic mass is 16.3. The summed E-state index contributed by atoms with van der Waals surface area (Å²) in [5, 5.41) is 10.5. The molecule has 14 heavy (non-hydrogen) atoms. The van der Waals surface area contributed by atoms with Crippen LogP contribution in [0, 0.1) is 5.92 Å². The van der Waals surface area contributed by atoms with Crippen LogP contribution in [0.2, 0.25) is 0 Å². The monoisotopic (exact) mass is 194 g/mol. The Labute approximate surface area is 85.0 Å². The van der Waals surface area contributed by atoms with E-state index in [0.29, 0.717) is 0 Å². The molecular formula is C11H18N2O. The number of aromatic nitrogens is 1. The SMILES string of the molecule is CC(C)C(O)(c1ccncc1)C(C)N. The van der Waals surface area contributed by atoms with Crippen molar-refractivity contribution in [2.24, 2.45) is 11.7 Å². The van der Waals surface area contributed by atoms with E-state index >= 15 is 0 Å². The Kier molecular flexibility index (Phi) is 3.24. The standard InChI is InChI=1S/C11H18N2O/c1-8(2)11(14,9(3)12)10-4-6-13-7-5-10/h4-9,14H,12H2,1-3H3. The molecule has 78 valence electrons. The van der Waals surface area contributed by atoms with Crippen LogP contribution in [-0.2, 0) is 5.60 Å². The maximum absolute atomic E-state index is 10.5. The maximum Gasteiger partial charge on any atom is 0.107 e. The lowest BCUT2D eigenvalue weighted by Crippen LogP contribution is -2.47. The van der Waals surface area contributed by atoms with Gasteiger partial charge in [-0.15, -0.1) is 0 Å². The summed E-state index contributed by atoms with van der Waals surface area (Å²) in [6.45, 7) is 5.74. The molecule has 0 spiro atoms. The summed E-state index contributed by atoms with van der Waals surface area (Å²) in [6, 6.07) is 3.32. The van der Waals surface area contributed by atoms with Gasteiger partial charge >= 0.3 is 0 Å². The van der Waals surface area contributed by atoms with E-state index in [1.807, 2.05) is 32.9 Å². The number of nitrogens with zero attached hydrogens (tertiary/aromatic N) is 1. The van der Waals surface area contributed by atoms with Gasteiger partial charge in [0.05, 0.1) is 0 Å². The molecule has 0 aliphatic carbocycles. The topological polar surface area (TPSA) is 59.1 Å². The van der Waals surface area contributed by atoms with Crippen LogP contribution in [0.4, 0.5) is 0 Å². The van der Waals surface area contributed by atoms with Crippen LogP contribution < -0.4 is 5.73 Å². The Balaban J connectivity index is 3.13. The molecule has 2 unspecified atom stereocenters. The summed E-state index contributed by atoms with van der Waals surface area (Å²) in [4.78, 5) is 3.93. The van der Waals surface area contributed by atoms with Gasteiger partial charge in [-0.1, -0.05) is 13.8 Å². The third kappa shape index (κ3) is 1.79. The van der Waals surface area contributed by atoms with Gasteiger partial charge in [-0.2, -0.15) is 0 Å². The summed E-state index contributed by atoms with van der Waals surface area (Å²) in [7, 11) is 0. The molecule has 0 fully saturated rings. The Bertz CT molecular complexity index is 275. The molecule has 3 nitrogen and oxygen atoms in total. The zero-order chi connectivity index (χ0) is 10.8. The maximum atomic E-state index is 10.5. The molecule has 2 atom stereocenters. The molecule has 1 aromatic rings. The number of aliphatic hydroxyl groups is 1. The quantitative estimate of drug-likeness (QED) is 0.762. The molecule has 1 aromatic heterocycles. The van der Waals surface area contributed by atoms with Gasteiger partial charge in [-0.3, -0.25) is 4.98 Å². The third-order valence-corrected chi connectivity index (χ3v) is 2.72. The smallest absolute Gasteiger partial charge is 0.107 e. The van der Waals surface area contributed by atoms with Gasteiger partial charge in [0, 0.05) is 18.4 Å². The second-order valence-electron chi connectivity index (χ2n) is 4.00. The minimum absolute atomic E-state index is 0.0740. The largest absolute Gasteiger partial charge is 0.383 e. The van der Waals surface area contributed by atoms with Gasteiger partial charge in [0.2, 0.25) is 0 Å². The first-order valence-corrected chi connectivity index (χ1v) is 4.88. The summed E-state index contributed by atoms with van der Waals surface area (Å²) in [6.07, 6.45) is 3.34. The van der Waals surface area contributed by atoms with E-state index in [9.17, 15) is 5.11 Å². The number of hydrogen-bond donors (Lipinski definition) is 2. The number of hydrogen-bond acceptors (Lipinski definition) is 3. The van der Waals surface area contributed by atoms with Gasteiger partial charge in [0.1, 0.15) is 5.60 Å². The van der Waals surface area contributed by atoms with E-state index < -0.39 is 5.60 Å². The highest BCUT2D eigenvalue weighted by Gasteiger charge is 2.36. The van der Waals surface area contributed by atoms with Crippen LogP contribution in [0.3, 0.4) is 0 Å². The van der Waals surface area contributed by atoms with Crippen molar-refractivity contribution < 1.29 is 5.11 Å². The van der Waals surface area contributed by atoms with Crippen LogP contribution in [0.25, 0.3) is 0 Å². The molecule has 0 saturated carbocycles. The minimum Gasteiger partial charge on any atom is -0.383 e. The van der Waals surface area contributed by atoms with Crippen LogP contribution in [0.1, 0.15) is 26.3 Å². The molecule has 0 saturated heterocycles. The molecule has 0 aromatic carbocycles. The average Bonchev–Trinajstić information content (AvgIpc) is 2.17. The fraction of sp³-hybridized carbons (Fsp3) is 0.545. The second kappa shape index (κ2) is 4.07. The molecule has 1 rings (SSSR count). The van der Waals surface area contributed by atoms with E-state index in [-0.39, 0.29) is 12.0 Å². The van der Waals surface area contributed by atoms with E-state index in [4.69, 9.17) is 5.73 Å². The first kappa shape index (κ1) is 11.1. The Morgan fingerprint density at radius 3 is 2.14 bits per heavy atom. The summed E-state index contributed by atoms with van der Waals surface area (Å²) < 4.78 is 0. The summed E-state index contributed by atoms with van der Waals surface area (Å²) in [5.41, 5.74) is 5.70. The van der Waals surface area contributed by atoms with Crippen molar-refractivity contribution >= 4 is 0 Å². The van der Waals surface area contributed by atoms with Gasteiger partial charge in [0.15, 0.2) is 0 Å². The Hall–Kier alpha value is -0.930. The van der Waals surface area contributed by atoms with Gasteiger partial charge in [0.25, 0.3) is 0 Å². The number of nitrogens with two attached hydrogens (primary N) is 1. The van der Waals surface area contributed by atoms with Crippen LogP contribution in [0.5, 0.6) is 0 Å². The van der Waals surface area contributed by atoms with Gasteiger partial charge in [-0.05, 0) is 30.5 Å². The molecular weight excluding hydrogens is 176 g/mol. The zero-order valence-corrected chi connectivity index (χ0v) is 8.94. The first-order valence-electron chi connectivity index (χ1n) is 4.88. The highest BCUT2D eigenvalue weighted by Crippen LogP contribution is 2.31. The second-order valence-corrected chi connectivity index (χ2v) is 4.00. The number of pyridine rings is 1. The van der Waals surface area contributed by atoms with Gasteiger partial charge < -0.3 is 10.8 Å². The predicted octanol–water partition coefficient (Wildman–Crippen LogP) is 1.27. The lowest BCUT2D eigenvalue weighted by Gasteiger charge is -2.36. The third-order valence-electron chi connectivity index (χ3n) is 2.72. The molecule has 0 aliphatic heterocycles. The molecule has 3 heteroatoms. The minimum atomic E-state index is -0.969. The van der Waals surface area contributed by atoms with Crippen molar-refractivity contribution in [2.45, 2.75) is 32.4 Å². The summed E-state index contributed by atoms with van der Waals surface area (Å²) in [5.74, 6) is 0.0740. The van der Waals surface area contributed by atoms with E-state index in [1.165, 1.54) is 0 Å². The normalized spacial score (nSPS) is 17.9. The lowest BCUT2D eigenvalue weighted by molar-refractivity contribution is -0.0296. The van der Waals surface area contributed by atoms with E-state index in [2.05, 4.69) is 4.98 Å². The van der Waals surface area contributed by atoms with Crippen molar-refractivity contribution in [3.63, 3.8) is 0 Å². The van der Waals surface area contributed by atoms with Crippen molar-refractivity contribution in [1.82, 2.24) is 4.98 Å². The molecule has 1 heterocycles. The fourth-order valence-electron chi connectivity index (χ4n) is 1.74. The average molecular weight is 194 g/mol. The van der Waals surface area contributed by atoms with E-state index in [0.717, 1.165) is 5.56 Å².